The van der Waals surface area contributed by atoms with Crippen LogP contribution in [0, 0.1) is 0 Å². The maximum Gasteiger partial charge on any atom is 0.170 e. The van der Waals surface area contributed by atoms with Gasteiger partial charge < -0.3 is 20.1 Å². The summed E-state index contributed by atoms with van der Waals surface area (Å²) < 4.78 is 7.24. The van der Waals surface area contributed by atoms with Gasteiger partial charge in [0.1, 0.15) is 18.3 Å². The summed E-state index contributed by atoms with van der Waals surface area (Å²) >= 11 is 13.4. The Labute approximate surface area is 140 Å². The van der Waals surface area contributed by atoms with Crippen LogP contribution < -0.4 is 0 Å². The molecule has 4 atom stereocenters. The summed E-state index contributed by atoms with van der Waals surface area (Å²) in [4.78, 5) is 4.44. The molecule has 1 fully saturated rings. The first-order valence-corrected chi connectivity index (χ1v) is 8.49. The highest BCUT2D eigenvalue weighted by molar-refractivity contribution is 7.98. The third-order valence-electron chi connectivity index (χ3n) is 3.65. The fourth-order valence-electron chi connectivity index (χ4n) is 2.55. The monoisotopic (exact) mass is 364 g/mol. The lowest BCUT2D eigenvalue weighted by Gasteiger charge is -2.19. The van der Waals surface area contributed by atoms with Crippen LogP contribution in [0.5, 0.6) is 0 Å². The fourth-order valence-corrected chi connectivity index (χ4v) is 3.46. The van der Waals surface area contributed by atoms with Crippen LogP contribution in [0.1, 0.15) is 6.23 Å². The molecule has 0 spiro atoms. The molecule has 22 heavy (non-hydrogen) atoms. The summed E-state index contributed by atoms with van der Waals surface area (Å²) in [5.41, 5.74) is 1.24. The summed E-state index contributed by atoms with van der Waals surface area (Å²) in [5.74, 6) is 0. The van der Waals surface area contributed by atoms with Crippen LogP contribution in [0.3, 0.4) is 0 Å². The highest BCUT2D eigenvalue weighted by Crippen LogP contribution is 2.37. The fraction of sp³-hybridized carbons (Fsp3) is 0.462. The van der Waals surface area contributed by atoms with Crippen LogP contribution in [0.25, 0.3) is 11.0 Å². The molecule has 0 saturated carbocycles. The number of thioether (sulfide) groups is 1. The van der Waals surface area contributed by atoms with Gasteiger partial charge in [0.15, 0.2) is 11.4 Å². The van der Waals surface area contributed by atoms with E-state index in [1.807, 2.05) is 6.26 Å². The molecule has 0 radical (unpaired) electrons. The number of aromatic nitrogens is 2. The summed E-state index contributed by atoms with van der Waals surface area (Å²) in [6.07, 6.45) is -2.24. The number of aliphatic hydroxyl groups excluding tert-OH is 3. The first-order chi connectivity index (χ1) is 10.5. The summed E-state index contributed by atoms with van der Waals surface area (Å²) in [7, 11) is 0. The van der Waals surface area contributed by atoms with Crippen molar-refractivity contribution in [1.82, 2.24) is 9.55 Å². The Morgan fingerprint density at radius 3 is 2.55 bits per heavy atom. The van der Waals surface area contributed by atoms with Gasteiger partial charge >= 0.3 is 0 Å². The Morgan fingerprint density at radius 2 is 1.95 bits per heavy atom. The number of hydrogen-bond acceptors (Lipinski definition) is 6. The van der Waals surface area contributed by atoms with E-state index in [0.29, 0.717) is 26.2 Å². The molecule has 0 amide bonds. The van der Waals surface area contributed by atoms with E-state index in [1.165, 1.54) is 11.8 Å². The number of halogens is 2. The lowest BCUT2D eigenvalue weighted by atomic mass is 10.1. The van der Waals surface area contributed by atoms with Crippen molar-refractivity contribution in [2.45, 2.75) is 29.7 Å². The minimum Gasteiger partial charge on any atom is -0.394 e. The van der Waals surface area contributed by atoms with Gasteiger partial charge in [0, 0.05) is 0 Å². The normalized spacial score (nSPS) is 28.6. The molecule has 0 unspecified atom stereocenters. The van der Waals surface area contributed by atoms with E-state index < -0.39 is 24.5 Å². The van der Waals surface area contributed by atoms with Gasteiger partial charge in [-0.3, -0.25) is 4.57 Å². The van der Waals surface area contributed by atoms with Crippen LogP contribution in [0.4, 0.5) is 0 Å². The van der Waals surface area contributed by atoms with Gasteiger partial charge in [-0.15, -0.1) is 0 Å². The largest absolute Gasteiger partial charge is 0.394 e. The lowest BCUT2D eigenvalue weighted by Crippen LogP contribution is -2.33. The number of fused-ring (bicyclic) bond motifs is 1. The first kappa shape index (κ1) is 16.3. The van der Waals surface area contributed by atoms with Crippen LogP contribution in [-0.4, -0.2) is 56.0 Å². The molecule has 6 nitrogen and oxygen atoms in total. The van der Waals surface area contributed by atoms with E-state index >= 15 is 0 Å². The predicted molar refractivity (Wildman–Crippen MR) is 84.5 cm³/mol. The van der Waals surface area contributed by atoms with Crippen molar-refractivity contribution in [1.29, 1.82) is 0 Å². The van der Waals surface area contributed by atoms with E-state index in [-0.39, 0.29) is 6.61 Å². The van der Waals surface area contributed by atoms with Gasteiger partial charge in [-0.2, -0.15) is 0 Å². The number of benzene rings is 1. The van der Waals surface area contributed by atoms with E-state index in [2.05, 4.69) is 4.98 Å². The predicted octanol–water partition coefficient (Wildman–Crippen LogP) is 1.68. The molecule has 0 bridgehead atoms. The SMILES string of the molecule is CSc1nc2cc(Cl)c(Cl)cc2n1[C@H]1O[C@H](CO)[C@H](O)[C@@H]1O. The number of rotatable bonds is 3. The third kappa shape index (κ3) is 2.50. The van der Waals surface area contributed by atoms with E-state index in [1.54, 1.807) is 16.7 Å². The quantitative estimate of drug-likeness (QED) is 0.718. The summed E-state index contributed by atoms with van der Waals surface area (Å²) in [6, 6.07) is 3.28. The second kappa shape index (κ2) is 6.16. The zero-order valence-corrected chi connectivity index (χ0v) is 13.8. The molecule has 1 saturated heterocycles. The van der Waals surface area contributed by atoms with Gasteiger partial charge in [0.05, 0.1) is 27.7 Å². The molecule has 0 aliphatic carbocycles. The van der Waals surface area contributed by atoms with E-state index in [0.717, 1.165) is 0 Å². The van der Waals surface area contributed by atoms with E-state index in [4.69, 9.17) is 27.9 Å². The number of nitrogens with zero attached hydrogens (tertiary/aromatic N) is 2. The maximum atomic E-state index is 10.2. The highest BCUT2D eigenvalue weighted by atomic mass is 35.5. The lowest BCUT2D eigenvalue weighted by molar-refractivity contribution is -0.0545. The van der Waals surface area contributed by atoms with Gasteiger partial charge in [0.25, 0.3) is 0 Å². The Hall–Kier alpha value is -0.540. The van der Waals surface area contributed by atoms with Gasteiger partial charge in [-0.25, -0.2) is 4.98 Å². The summed E-state index contributed by atoms with van der Waals surface area (Å²) in [5, 5.41) is 30.7. The van der Waals surface area contributed by atoms with E-state index in [9.17, 15) is 15.3 Å². The van der Waals surface area contributed by atoms with Gasteiger partial charge in [-0.05, 0) is 18.4 Å². The van der Waals surface area contributed by atoms with Crippen LogP contribution in [0.15, 0.2) is 17.3 Å². The summed E-state index contributed by atoms with van der Waals surface area (Å²) in [6.45, 7) is -0.386. The van der Waals surface area contributed by atoms with Gasteiger partial charge in [0.2, 0.25) is 0 Å². The molecule has 1 aliphatic rings. The maximum absolute atomic E-state index is 10.2. The first-order valence-electron chi connectivity index (χ1n) is 6.51. The molecular weight excluding hydrogens is 351 g/mol. The Balaban J connectivity index is 2.15. The minimum absolute atomic E-state index is 0.356. The van der Waals surface area contributed by atoms with Crippen LogP contribution in [0.2, 0.25) is 10.0 Å². The van der Waals surface area contributed by atoms with Crippen molar-refractivity contribution >= 4 is 46.0 Å². The molecule has 3 N–H and O–H groups in total. The molecule has 1 aliphatic heterocycles. The number of ether oxygens (including phenoxy) is 1. The Morgan fingerprint density at radius 1 is 1.27 bits per heavy atom. The molecule has 9 heteroatoms. The Kier molecular flexibility index (Phi) is 4.57. The smallest absolute Gasteiger partial charge is 0.170 e. The molecule has 3 rings (SSSR count). The zero-order valence-electron chi connectivity index (χ0n) is 11.5. The van der Waals surface area contributed by atoms with Crippen molar-refractivity contribution in [3.8, 4) is 0 Å². The number of imidazole rings is 1. The van der Waals surface area contributed by atoms with Crippen molar-refractivity contribution < 1.29 is 20.1 Å². The molecule has 120 valence electrons. The molecule has 2 heterocycles. The van der Waals surface area contributed by atoms with Crippen molar-refractivity contribution in [2.24, 2.45) is 0 Å². The molecule has 1 aromatic heterocycles. The number of aliphatic hydroxyl groups is 3. The molecule has 2 aromatic rings. The average Bonchev–Trinajstić information content (AvgIpc) is 2.98. The molecule has 1 aromatic carbocycles. The second-order valence-electron chi connectivity index (χ2n) is 4.95. The standard InChI is InChI=1S/C13H14Cl2N2O4S/c1-22-13-16-7-2-5(14)6(15)3-8(7)17(13)12-11(20)10(19)9(4-18)21-12/h2-3,9-12,18-20H,4H2,1H3/t9-,10+,11+,12+/m1/s1. The molecular formula is C13H14Cl2N2O4S. The van der Waals surface area contributed by atoms with Crippen molar-refractivity contribution in [3.05, 3.63) is 22.2 Å². The zero-order chi connectivity index (χ0) is 16.0. The average molecular weight is 365 g/mol. The third-order valence-corrected chi connectivity index (χ3v) is 5.03. The van der Waals surface area contributed by atoms with Crippen LogP contribution >= 0.6 is 35.0 Å². The van der Waals surface area contributed by atoms with Crippen molar-refractivity contribution in [3.63, 3.8) is 0 Å². The highest BCUT2D eigenvalue weighted by Gasteiger charge is 2.44. The topological polar surface area (TPSA) is 87.7 Å². The minimum atomic E-state index is -1.19. The second-order valence-corrected chi connectivity index (χ2v) is 6.54. The van der Waals surface area contributed by atoms with Gasteiger partial charge in [-0.1, -0.05) is 35.0 Å². The number of hydrogen-bond donors (Lipinski definition) is 3. The Bertz CT molecular complexity index is 711. The van der Waals surface area contributed by atoms with Crippen LogP contribution in [-0.2, 0) is 4.74 Å². The van der Waals surface area contributed by atoms with Crippen molar-refractivity contribution in [2.75, 3.05) is 12.9 Å².